The van der Waals surface area contributed by atoms with Crippen LogP contribution in [0.2, 0.25) is 5.02 Å². The molecule has 2 atom stereocenters. The maximum Gasteiger partial charge on any atom is 0.325 e. The molecule has 9 heteroatoms. The minimum Gasteiger partial charge on any atom is -0.350 e. The summed E-state index contributed by atoms with van der Waals surface area (Å²) in [6, 6.07) is 3.88. The van der Waals surface area contributed by atoms with Crippen molar-refractivity contribution in [3.8, 4) is 0 Å². The predicted molar refractivity (Wildman–Crippen MR) is 113 cm³/mol. The molecule has 5 amide bonds. The van der Waals surface area contributed by atoms with Crippen molar-refractivity contribution in [2.45, 2.75) is 58.0 Å². The molecule has 2 fully saturated rings. The summed E-state index contributed by atoms with van der Waals surface area (Å²) in [5.41, 5.74) is -0.456. The molecule has 1 spiro atoms. The number of anilines is 1. The van der Waals surface area contributed by atoms with E-state index in [2.05, 4.69) is 16.0 Å². The van der Waals surface area contributed by atoms with E-state index >= 15 is 0 Å². The molecule has 3 N–H and O–H groups in total. The average molecular weight is 435 g/mol. The molecule has 1 saturated heterocycles. The zero-order valence-electron chi connectivity index (χ0n) is 17.4. The van der Waals surface area contributed by atoms with E-state index in [4.69, 9.17) is 11.6 Å². The Kier molecular flexibility index (Phi) is 6.36. The number of hydrogen-bond acceptors (Lipinski definition) is 4. The maximum absolute atomic E-state index is 13.0. The van der Waals surface area contributed by atoms with Crippen LogP contribution >= 0.6 is 11.6 Å². The van der Waals surface area contributed by atoms with Crippen molar-refractivity contribution >= 4 is 41.0 Å². The number of imide groups is 1. The van der Waals surface area contributed by atoms with Crippen LogP contribution in [0.1, 0.15) is 56.8 Å². The molecule has 0 bridgehead atoms. The first-order chi connectivity index (χ1) is 14.1. The first kappa shape index (κ1) is 22.1. The van der Waals surface area contributed by atoms with E-state index in [0.29, 0.717) is 11.4 Å². The number of urea groups is 1. The Labute approximate surface area is 180 Å². The number of amides is 5. The molecular weight excluding hydrogens is 408 g/mol. The van der Waals surface area contributed by atoms with Crippen molar-refractivity contribution in [3.05, 3.63) is 28.8 Å². The highest BCUT2D eigenvalue weighted by atomic mass is 35.5. The van der Waals surface area contributed by atoms with E-state index in [-0.39, 0.29) is 35.0 Å². The number of hydrogen-bond donors (Lipinski definition) is 3. The van der Waals surface area contributed by atoms with E-state index in [9.17, 15) is 19.2 Å². The van der Waals surface area contributed by atoms with Gasteiger partial charge in [0.15, 0.2) is 0 Å². The summed E-state index contributed by atoms with van der Waals surface area (Å²) >= 11 is 6.03. The Hall–Kier alpha value is -2.61. The van der Waals surface area contributed by atoms with Crippen LogP contribution in [0.4, 0.5) is 10.5 Å². The van der Waals surface area contributed by atoms with Crippen molar-refractivity contribution in [2.24, 2.45) is 5.92 Å². The van der Waals surface area contributed by atoms with Gasteiger partial charge in [0.05, 0.1) is 11.3 Å². The fourth-order valence-corrected chi connectivity index (χ4v) is 4.30. The monoisotopic (exact) mass is 434 g/mol. The minimum atomic E-state index is -0.923. The third kappa shape index (κ3) is 4.28. The van der Waals surface area contributed by atoms with Crippen molar-refractivity contribution < 1.29 is 19.2 Å². The van der Waals surface area contributed by atoms with Crippen molar-refractivity contribution in [2.75, 3.05) is 11.9 Å². The highest BCUT2D eigenvalue weighted by Crippen LogP contribution is 2.38. The van der Waals surface area contributed by atoms with E-state index in [1.54, 1.807) is 6.07 Å². The molecule has 30 heavy (non-hydrogen) atoms. The number of rotatable bonds is 5. The van der Waals surface area contributed by atoms with Gasteiger partial charge < -0.3 is 16.0 Å². The Morgan fingerprint density at radius 3 is 2.70 bits per heavy atom. The standard InChI is InChI=1S/C21H27ClN4O4/c1-12(2)23-18(28)15-8-7-14(22)10-16(15)24-17(27)11-26-19(29)21(25-20(26)30)9-5-4-6-13(21)3/h7-8,10,12-13H,4-6,9,11H2,1-3H3,(H,23,28)(H,24,27)(H,25,30). The molecule has 2 unspecified atom stereocenters. The Morgan fingerprint density at radius 1 is 1.30 bits per heavy atom. The van der Waals surface area contributed by atoms with Gasteiger partial charge in [-0.15, -0.1) is 0 Å². The molecule has 1 heterocycles. The van der Waals surface area contributed by atoms with Gasteiger partial charge in [-0.25, -0.2) is 4.79 Å². The smallest absolute Gasteiger partial charge is 0.325 e. The molecule has 1 saturated carbocycles. The second kappa shape index (κ2) is 8.63. The quantitative estimate of drug-likeness (QED) is 0.619. The zero-order valence-corrected chi connectivity index (χ0v) is 18.1. The fourth-order valence-electron chi connectivity index (χ4n) is 4.13. The highest BCUT2D eigenvalue weighted by molar-refractivity contribution is 6.31. The molecule has 1 aromatic carbocycles. The molecule has 8 nitrogen and oxygen atoms in total. The lowest BCUT2D eigenvalue weighted by atomic mass is 9.73. The molecule has 1 aliphatic carbocycles. The summed E-state index contributed by atoms with van der Waals surface area (Å²) in [6.07, 6.45) is 3.29. The Bertz CT molecular complexity index is 888. The van der Waals surface area contributed by atoms with Crippen LogP contribution in [0.15, 0.2) is 18.2 Å². The molecule has 0 aromatic heterocycles. The molecule has 162 valence electrons. The number of carbonyl (C=O) groups excluding carboxylic acids is 4. The average Bonchev–Trinajstić information content (AvgIpc) is 2.88. The Balaban J connectivity index is 1.75. The van der Waals surface area contributed by atoms with E-state index in [1.807, 2.05) is 20.8 Å². The predicted octanol–water partition coefficient (Wildman–Crippen LogP) is 2.92. The first-order valence-corrected chi connectivity index (χ1v) is 10.6. The maximum atomic E-state index is 13.0. The minimum absolute atomic E-state index is 0.00928. The SMILES string of the molecule is CC(C)NC(=O)c1ccc(Cl)cc1NC(=O)CN1C(=O)NC2(CCCCC2C)C1=O. The van der Waals surface area contributed by atoms with Crippen LogP contribution in [-0.2, 0) is 9.59 Å². The van der Waals surface area contributed by atoms with Gasteiger partial charge in [-0.05, 0) is 50.8 Å². The second-order valence-corrected chi connectivity index (χ2v) is 8.74. The number of carbonyl (C=O) groups is 4. The number of benzene rings is 1. The van der Waals surface area contributed by atoms with Crippen LogP contribution in [-0.4, -0.2) is 46.8 Å². The fraction of sp³-hybridized carbons (Fsp3) is 0.524. The van der Waals surface area contributed by atoms with Gasteiger partial charge in [-0.2, -0.15) is 0 Å². The third-order valence-electron chi connectivity index (χ3n) is 5.72. The largest absolute Gasteiger partial charge is 0.350 e. The van der Waals surface area contributed by atoms with Gasteiger partial charge in [-0.1, -0.05) is 31.4 Å². The highest BCUT2D eigenvalue weighted by Gasteiger charge is 2.55. The van der Waals surface area contributed by atoms with Crippen molar-refractivity contribution in [1.82, 2.24) is 15.5 Å². The van der Waals surface area contributed by atoms with Gasteiger partial charge in [-0.3, -0.25) is 19.3 Å². The number of nitrogens with one attached hydrogen (secondary N) is 3. The third-order valence-corrected chi connectivity index (χ3v) is 5.96. The lowest BCUT2D eigenvalue weighted by molar-refractivity contribution is -0.136. The lowest BCUT2D eigenvalue weighted by Crippen LogP contribution is -2.54. The summed E-state index contributed by atoms with van der Waals surface area (Å²) < 4.78 is 0. The molecule has 3 rings (SSSR count). The molecule has 2 aliphatic rings. The summed E-state index contributed by atoms with van der Waals surface area (Å²) in [5.74, 6) is -1.30. The summed E-state index contributed by atoms with van der Waals surface area (Å²) in [6.45, 7) is 5.17. The topological polar surface area (TPSA) is 108 Å². The van der Waals surface area contributed by atoms with Crippen LogP contribution in [0, 0.1) is 5.92 Å². The molecule has 1 aromatic rings. The number of halogens is 1. The first-order valence-electron chi connectivity index (χ1n) is 10.2. The Morgan fingerprint density at radius 2 is 2.03 bits per heavy atom. The van der Waals surface area contributed by atoms with E-state index in [0.717, 1.165) is 24.2 Å². The lowest BCUT2D eigenvalue weighted by Gasteiger charge is -2.36. The summed E-state index contributed by atoms with van der Waals surface area (Å²) in [4.78, 5) is 51.5. The van der Waals surface area contributed by atoms with Gasteiger partial charge in [0.25, 0.3) is 11.8 Å². The van der Waals surface area contributed by atoms with Gasteiger partial charge in [0.1, 0.15) is 12.1 Å². The summed E-state index contributed by atoms with van der Waals surface area (Å²) in [7, 11) is 0. The van der Waals surface area contributed by atoms with Gasteiger partial charge in [0.2, 0.25) is 5.91 Å². The van der Waals surface area contributed by atoms with E-state index < -0.39 is 24.0 Å². The van der Waals surface area contributed by atoms with Crippen LogP contribution in [0.3, 0.4) is 0 Å². The molecule has 1 aliphatic heterocycles. The van der Waals surface area contributed by atoms with Gasteiger partial charge >= 0.3 is 6.03 Å². The van der Waals surface area contributed by atoms with Crippen molar-refractivity contribution in [1.29, 1.82) is 0 Å². The zero-order chi connectivity index (χ0) is 22.1. The van der Waals surface area contributed by atoms with Crippen molar-refractivity contribution in [3.63, 3.8) is 0 Å². The molecule has 0 radical (unpaired) electrons. The van der Waals surface area contributed by atoms with Crippen LogP contribution < -0.4 is 16.0 Å². The molecular formula is C21H27ClN4O4. The van der Waals surface area contributed by atoms with Crippen LogP contribution in [0.25, 0.3) is 0 Å². The van der Waals surface area contributed by atoms with E-state index in [1.165, 1.54) is 12.1 Å². The summed E-state index contributed by atoms with van der Waals surface area (Å²) in [5, 5.41) is 8.54. The number of nitrogens with zero attached hydrogens (tertiary/aromatic N) is 1. The normalized spacial score (nSPS) is 23.6. The van der Waals surface area contributed by atoms with Crippen LogP contribution in [0.5, 0.6) is 0 Å². The van der Waals surface area contributed by atoms with Gasteiger partial charge in [0, 0.05) is 11.1 Å². The second-order valence-electron chi connectivity index (χ2n) is 8.31.